The maximum Gasteiger partial charge on any atom is 0.242 e. The Labute approximate surface area is 52.1 Å². The van der Waals surface area contributed by atoms with Crippen LogP contribution in [0.2, 0.25) is 0 Å². The fraction of sp³-hybridized carbons (Fsp3) is 0. The van der Waals surface area contributed by atoms with Crippen LogP contribution in [-0.4, -0.2) is 11.1 Å². The lowest BCUT2D eigenvalue weighted by atomic mass is 10.5. The zero-order chi connectivity index (χ0) is 6.53. The minimum Gasteiger partial charge on any atom is -0.236 e. The average molecular weight is 120 g/mol. The fourth-order valence-corrected chi connectivity index (χ4v) is 0.467. The van der Waals surface area contributed by atoms with Crippen LogP contribution < -0.4 is 0 Å². The summed E-state index contributed by atoms with van der Waals surface area (Å²) in [5, 5.41) is 0. The molecule has 0 aliphatic heterocycles. The van der Waals surface area contributed by atoms with E-state index >= 15 is 0 Å². The molecule has 3 heteroatoms. The minimum absolute atomic E-state index is 0.396. The summed E-state index contributed by atoms with van der Waals surface area (Å²) >= 11 is 0. The van der Waals surface area contributed by atoms with Gasteiger partial charge in [-0.25, -0.2) is 9.78 Å². The molecule has 0 aliphatic rings. The minimum atomic E-state index is 0.396. The first-order valence-electron chi connectivity index (χ1n) is 2.42. The number of aliphatic imine (C=N–C) groups is 1. The summed E-state index contributed by atoms with van der Waals surface area (Å²) in [6, 6.07) is 5.14. The maximum absolute atomic E-state index is 9.64. The molecule has 44 valence electrons. The Morgan fingerprint density at radius 2 is 2.44 bits per heavy atom. The van der Waals surface area contributed by atoms with Gasteiger partial charge >= 0.3 is 0 Å². The van der Waals surface area contributed by atoms with Gasteiger partial charge in [-0.2, -0.15) is 0 Å². The molecule has 0 amide bonds. The Balaban J connectivity index is 2.97. The maximum atomic E-state index is 9.64. The van der Waals surface area contributed by atoms with Crippen molar-refractivity contribution < 1.29 is 4.79 Å². The van der Waals surface area contributed by atoms with E-state index < -0.39 is 0 Å². The number of hydrogen-bond donors (Lipinski definition) is 0. The van der Waals surface area contributed by atoms with E-state index in [0.717, 1.165) is 0 Å². The highest BCUT2D eigenvalue weighted by atomic mass is 16.1. The van der Waals surface area contributed by atoms with Gasteiger partial charge in [0, 0.05) is 6.20 Å². The number of pyridine rings is 1. The molecule has 0 fully saturated rings. The molecule has 0 aliphatic carbocycles. The van der Waals surface area contributed by atoms with Crippen molar-refractivity contribution in [3.63, 3.8) is 0 Å². The summed E-state index contributed by atoms with van der Waals surface area (Å²) in [6.45, 7) is 0. The second-order valence-corrected chi connectivity index (χ2v) is 1.39. The highest BCUT2D eigenvalue weighted by Gasteiger charge is 1.81. The van der Waals surface area contributed by atoms with Crippen LogP contribution in [0.5, 0.6) is 0 Å². The van der Waals surface area contributed by atoms with Crippen molar-refractivity contribution in [3.8, 4) is 0 Å². The molecule has 1 rings (SSSR count). The van der Waals surface area contributed by atoms with Crippen molar-refractivity contribution in [2.45, 2.75) is 0 Å². The normalized spacial score (nSPS) is 8.00. The van der Waals surface area contributed by atoms with Crippen LogP contribution >= 0.6 is 0 Å². The van der Waals surface area contributed by atoms with Gasteiger partial charge < -0.3 is 0 Å². The van der Waals surface area contributed by atoms with E-state index in [4.69, 9.17) is 0 Å². The van der Waals surface area contributed by atoms with Crippen LogP contribution in [0, 0.1) is 0 Å². The van der Waals surface area contributed by atoms with Gasteiger partial charge in [-0.1, -0.05) is 6.07 Å². The lowest BCUT2D eigenvalue weighted by Gasteiger charge is -1.82. The molecule has 0 radical (unpaired) electrons. The molecule has 1 aromatic heterocycles. The molecular formula is C6H4N2O. The summed E-state index contributed by atoms with van der Waals surface area (Å²) in [4.78, 5) is 16.7. The number of hydrogen-bond acceptors (Lipinski definition) is 3. The Bertz CT molecular complexity index is 226. The summed E-state index contributed by atoms with van der Waals surface area (Å²) in [7, 11) is 0. The van der Waals surface area contributed by atoms with Crippen molar-refractivity contribution in [1.29, 1.82) is 0 Å². The Kier molecular flexibility index (Phi) is 1.73. The second-order valence-electron chi connectivity index (χ2n) is 1.39. The first kappa shape index (κ1) is 5.66. The zero-order valence-corrected chi connectivity index (χ0v) is 4.61. The molecule has 0 saturated carbocycles. The van der Waals surface area contributed by atoms with Gasteiger partial charge in [0.15, 0.2) is 5.82 Å². The number of nitrogens with zero attached hydrogens (tertiary/aromatic N) is 2. The molecule has 1 aromatic rings. The largest absolute Gasteiger partial charge is 0.242 e. The van der Waals surface area contributed by atoms with Gasteiger partial charge in [-0.3, -0.25) is 0 Å². The van der Waals surface area contributed by atoms with Crippen LogP contribution in [0.3, 0.4) is 0 Å². The summed E-state index contributed by atoms with van der Waals surface area (Å²) < 4.78 is 0. The molecular weight excluding hydrogens is 116 g/mol. The summed E-state index contributed by atoms with van der Waals surface area (Å²) in [5.41, 5.74) is 0. The van der Waals surface area contributed by atoms with Gasteiger partial charge in [-0.15, -0.1) is 4.99 Å². The molecule has 9 heavy (non-hydrogen) atoms. The molecule has 0 N–H and O–H groups in total. The van der Waals surface area contributed by atoms with Crippen LogP contribution in [0.1, 0.15) is 0 Å². The predicted molar refractivity (Wildman–Crippen MR) is 32.0 cm³/mol. The number of isocyanates is 1. The Morgan fingerprint density at radius 3 is 3.00 bits per heavy atom. The monoisotopic (exact) mass is 120 g/mol. The third kappa shape index (κ3) is 1.48. The lowest BCUT2D eigenvalue weighted by Crippen LogP contribution is -1.67. The second kappa shape index (κ2) is 2.74. The highest BCUT2D eigenvalue weighted by molar-refractivity contribution is 5.43. The molecule has 0 unspecified atom stereocenters. The topological polar surface area (TPSA) is 42.3 Å². The molecule has 1 heterocycles. The van der Waals surface area contributed by atoms with E-state index in [1.807, 2.05) is 0 Å². The van der Waals surface area contributed by atoms with E-state index in [2.05, 4.69) is 9.98 Å². The molecule has 0 spiro atoms. The van der Waals surface area contributed by atoms with E-state index in [-0.39, 0.29) is 0 Å². The van der Waals surface area contributed by atoms with Crippen LogP contribution in [0.15, 0.2) is 29.4 Å². The SMILES string of the molecule is O=C=Nc1ccccn1. The lowest BCUT2D eigenvalue weighted by molar-refractivity contribution is 0.565. The van der Waals surface area contributed by atoms with Crippen molar-refractivity contribution in [1.82, 2.24) is 4.98 Å². The number of carbonyl (C=O) groups excluding carboxylic acids is 1. The quantitative estimate of drug-likeness (QED) is 0.410. The summed E-state index contributed by atoms with van der Waals surface area (Å²) in [6.07, 6.45) is 2.96. The molecule has 3 nitrogen and oxygen atoms in total. The average Bonchev–Trinajstić information content (AvgIpc) is 1.91. The smallest absolute Gasteiger partial charge is 0.236 e. The van der Waals surface area contributed by atoms with Crippen LogP contribution in [0.4, 0.5) is 5.82 Å². The molecule has 0 saturated heterocycles. The van der Waals surface area contributed by atoms with E-state index in [1.165, 1.54) is 6.08 Å². The van der Waals surface area contributed by atoms with Crippen LogP contribution in [0.25, 0.3) is 0 Å². The number of rotatable bonds is 1. The highest BCUT2D eigenvalue weighted by Crippen LogP contribution is 2.01. The summed E-state index contributed by atoms with van der Waals surface area (Å²) in [5.74, 6) is 0.396. The fourth-order valence-electron chi connectivity index (χ4n) is 0.467. The number of aromatic nitrogens is 1. The third-order valence-corrected chi connectivity index (χ3v) is 0.809. The standard InChI is InChI=1S/C6H4N2O/c9-5-8-6-3-1-2-4-7-6/h1-4H. The first-order chi connectivity index (χ1) is 4.43. The first-order valence-corrected chi connectivity index (χ1v) is 2.42. The Hall–Kier alpha value is -1.47. The predicted octanol–water partition coefficient (Wildman–Crippen LogP) is 1.05. The van der Waals surface area contributed by atoms with E-state index in [1.54, 1.807) is 24.4 Å². The van der Waals surface area contributed by atoms with Gasteiger partial charge in [0.2, 0.25) is 6.08 Å². The molecule has 0 bridgehead atoms. The van der Waals surface area contributed by atoms with Crippen molar-refractivity contribution in [2.75, 3.05) is 0 Å². The van der Waals surface area contributed by atoms with Crippen molar-refractivity contribution >= 4 is 11.9 Å². The molecule has 0 atom stereocenters. The van der Waals surface area contributed by atoms with Crippen molar-refractivity contribution in [3.05, 3.63) is 24.4 Å². The van der Waals surface area contributed by atoms with Gasteiger partial charge in [0.1, 0.15) is 0 Å². The van der Waals surface area contributed by atoms with E-state index in [9.17, 15) is 4.79 Å². The van der Waals surface area contributed by atoms with Crippen molar-refractivity contribution in [2.24, 2.45) is 4.99 Å². The van der Waals surface area contributed by atoms with Gasteiger partial charge in [0.25, 0.3) is 0 Å². The zero-order valence-electron chi connectivity index (χ0n) is 4.61. The van der Waals surface area contributed by atoms with Crippen LogP contribution in [-0.2, 0) is 4.79 Å². The van der Waals surface area contributed by atoms with Gasteiger partial charge in [-0.05, 0) is 12.1 Å². The third-order valence-electron chi connectivity index (χ3n) is 0.809. The Morgan fingerprint density at radius 1 is 1.56 bits per heavy atom. The van der Waals surface area contributed by atoms with E-state index in [0.29, 0.717) is 5.82 Å². The van der Waals surface area contributed by atoms with Gasteiger partial charge in [0.05, 0.1) is 0 Å². The molecule has 0 aromatic carbocycles.